The minimum Gasteiger partial charge on any atom is -0.444 e. The third kappa shape index (κ3) is 8.79. The number of hydrogen-bond acceptors (Lipinski definition) is 7. The van der Waals surface area contributed by atoms with E-state index in [1.54, 1.807) is 0 Å². The maximum absolute atomic E-state index is 13.4. The van der Waals surface area contributed by atoms with Crippen LogP contribution in [0.1, 0.15) is 56.8 Å². The quantitative estimate of drug-likeness (QED) is 0.404. The van der Waals surface area contributed by atoms with Gasteiger partial charge in [0.1, 0.15) is 11.4 Å². The SMILES string of the molecule is CN(C)CCNC(=O)C1CN(c2cc(C(=O)NCC3CCC(CNC(=O)OC(C)(C)C)CC3)c3ccccc3n2)C1. The number of benzene rings is 1. The molecule has 1 aliphatic carbocycles. The van der Waals surface area contributed by atoms with Crippen LogP contribution in [-0.2, 0) is 9.53 Å². The van der Waals surface area contributed by atoms with E-state index < -0.39 is 5.60 Å². The number of nitrogens with one attached hydrogen (secondary N) is 3. The molecule has 224 valence electrons. The van der Waals surface area contributed by atoms with Crippen LogP contribution in [-0.4, -0.2) is 86.8 Å². The van der Waals surface area contributed by atoms with Gasteiger partial charge in [0.2, 0.25) is 5.91 Å². The summed E-state index contributed by atoms with van der Waals surface area (Å²) in [4.78, 5) is 46.7. The monoisotopic (exact) mass is 566 g/mol. The van der Waals surface area contributed by atoms with Crippen LogP contribution in [0.2, 0.25) is 0 Å². The lowest BCUT2D eigenvalue weighted by Gasteiger charge is -2.39. The van der Waals surface area contributed by atoms with Crippen molar-refractivity contribution in [3.63, 3.8) is 0 Å². The standard InChI is InChI=1S/C31H46N6O4/c1-31(2,3)41-30(40)34-18-22-12-10-21(11-13-22)17-33-29(39)25-16-27(35-26-9-7-6-8-24(25)26)37-19-23(20-37)28(38)32-14-15-36(4)5/h6-9,16,21-23H,10-15,17-20H2,1-5H3,(H,32,38)(H,33,39)(H,34,40). The smallest absolute Gasteiger partial charge is 0.407 e. The highest BCUT2D eigenvalue weighted by molar-refractivity contribution is 6.07. The van der Waals surface area contributed by atoms with E-state index in [0.29, 0.717) is 50.1 Å². The number of para-hydroxylation sites is 1. The number of pyridine rings is 1. The number of amides is 3. The van der Waals surface area contributed by atoms with Crippen molar-refractivity contribution in [2.24, 2.45) is 17.8 Å². The van der Waals surface area contributed by atoms with Gasteiger partial charge in [-0.15, -0.1) is 0 Å². The lowest BCUT2D eigenvalue weighted by atomic mass is 9.82. The maximum Gasteiger partial charge on any atom is 0.407 e. The number of nitrogens with zero attached hydrogens (tertiary/aromatic N) is 3. The van der Waals surface area contributed by atoms with Gasteiger partial charge in [-0.25, -0.2) is 9.78 Å². The number of alkyl carbamates (subject to hydrolysis) is 1. The molecule has 2 aromatic rings. The number of hydrogen-bond donors (Lipinski definition) is 3. The summed E-state index contributed by atoms with van der Waals surface area (Å²) in [5.74, 6) is 1.46. The van der Waals surface area contributed by atoms with Gasteiger partial charge in [-0.2, -0.15) is 0 Å². The van der Waals surface area contributed by atoms with Crippen molar-refractivity contribution in [3.05, 3.63) is 35.9 Å². The Labute approximate surface area is 243 Å². The van der Waals surface area contributed by atoms with Gasteiger partial charge in [0, 0.05) is 44.7 Å². The van der Waals surface area contributed by atoms with Crippen LogP contribution in [0.4, 0.5) is 10.6 Å². The highest BCUT2D eigenvalue weighted by Gasteiger charge is 2.34. The Kier molecular flexibility index (Phi) is 10.1. The zero-order valence-corrected chi connectivity index (χ0v) is 25.2. The summed E-state index contributed by atoms with van der Waals surface area (Å²) in [6.07, 6.45) is 3.67. The predicted octanol–water partition coefficient (Wildman–Crippen LogP) is 3.41. The number of rotatable bonds is 10. The van der Waals surface area contributed by atoms with E-state index in [9.17, 15) is 14.4 Å². The van der Waals surface area contributed by atoms with E-state index in [2.05, 4.69) is 20.9 Å². The van der Waals surface area contributed by atoms with E-state index in [4.69, 9.17) is 9.72 Å². The lowest BCUT2D eigenvalue weighted by molar-refractivity contribution is -0.125. The van der Waals surface area contributed by atoms with Crippen molar-refractivity contribution in [2.45, 2.75) is 52.1 Å². The number of carbonyl (C=O) groups excluding carboxylic acids is 3. The molecule has 1 saturated carbocycles. The third-order valence-corrected chi connectivity index (χ3v) is 7.83. The Bertz CT molecular complexity index is 1210. The molecule has 3 amide bonds. The number of fused-ring (bicyclic) bond motifs is 1. The van der Waals surface area contributed by atoms with Crippen molar-refractivity contribution < 1.29 is 19.1 Å². The maximum atomic E-state index is 13.4. The van der Waals surface area contributed by atoms with Crippen LogP contribution < -0.4 is 20.9 Å². The molecule has 2 heterocycles. The molecule has 0 bridgehead atoms. The molecule has 1 aromatic heterocycles. The molecule has 41 heavy (non-hydrogen) atoms. The van der Waals surface area contributed by atoms with Crippen LogP contribution in [0, 0.1) is 17.8 Å². The largest absolute Gasteiger partial charge is 0.444 e. The van der Waals surface area contributed by atoms with Gasteiger partial charge < -0.3 is 30.5 Å². The molecule has 4 rings (SSSR count). The second kappa shape index (κ2) is 13.5. The minimum absolute atomic E-state index is 0.0669. The number of likely N-dealkylation sites (N-methyl/N-ethyl adjacent to an activating group) is 1. The van der Waals surface area contributed by atoms with Crippen molar-refractivity contribution >= 4 is 34.6 Å². The highest BCUT2D eigenvalue weighted by atomic mass is 16.6. The van der Waals surface area contributed by atoms with Crippen molar-refractivity contribution in [1.29, 1.82) is 0 Å². The average molecular weight is 567 g/mol. The second-order valence-corrected chi connectivity index (χ2v) is 12.7. The first kappa shape index (κ1) is 30.6. The molecule has 10 heteroatoms. The number of anilines is 1. The topological polar surface area (TPSA) is 116 Å². The summed E-state index contributed by atoms with van der Waals surface area (Å²) in [5.41, 5.74) is 0.882. The molecule has 0 atom stereocenters. The van der Waals surface area contributed by atoms with Gasteiger partial charge in [-0.05, 0) is 84.5 Å². The fourth-order valence-corrected chi connectivity index (χ4v) is 5.40. The van der Waals surface area contributed by atoms with Crippen molar-refractivity contribution in [1.82, 2.24) is 25.8 Å². The Balaban J connectivity index is 1.28. The minimum atomic E-state index is -0.499. The summed E-state index contributed by atoms with van der Waals surface area (Å²) in [6.45, 7) is 9.43. The average Bonchev–Trinajstić information content (AvgIpc) is 2.88. The molecule has 1 aliphatic heterocycles. The second-order valence-electron chi connectivity index (χ2n) is 12.7. The first-order valence-corrected chi connectivity index (χ1v) is 14.8. The van der Waals surface area contributed by atoms with E-state index in [1.165, 1.54) is 0 Å². The molecule has 3 N–H and O–H groups in total. The van der Waals surface area contributed by atoms with Gasteiger partial charge in [0.15, 0.2) is 0 Å². The van der Waals surface area contributed by atoms with E-state index >= 15 is 0 Å². The van der Waals surface area contributed by atoms with Gasteiger partial charge in [0.05, 0.1) is 17.0 Å². The van der Waals surface area contributed by atoms with Gasteiger partial charge in [-0.3, -0.25) is 9.59 Å². The Morgan fingerprint density at radius 3 is 2.24 bits per heavy atom. The zero-order valence-electron chi connectivity index (χ0n) is 25.2. The Hall–Kier alpha value is -3.40. The Morgan fingerprint density at radius 2 is 1.61 bits per heavy atom. The molecule has 10 nitrogen and oxygen atoms in total. The summed E-state index contributed by atoms with van der Waals surface area (Å²) in [7, 11) is 3.96. The fourth-order valence-electron chi connectivity index (χ4n) is 5.40. The predicted molar refractivity (Wildman–Crippen MR) is 161 cm³/mol. The molecule has 0 spiro atoms. The van der Waals surface area contributed by atoms with Crippen molar-refractivity contribution in [2.75, 3.05) is 58.3 Å². The lowest BCUT2D eigenvalue weighted by Crippen LogP contribution is -2.54. The molecule has 1 aromatic carbocycles. The van der Waals surface area contributed by atoms with Crippen LogP contribution in [0.3, 0.4) is 0 Å². The number of aromatic nitrogens is 1. The third-order valence-electron chi connectivity index (χ3n) is 7.83. The molecule has 2 fully saturated rings. The number of ether oxygens (including phenoxy) is 1. The van der Waals surface area contributed by atoms with E-state index in [1.807, 2.05) is 70.1 Å². The van der Waals surface area contributed by atoms with Gasteiger partial charge in [-0.1, -0.05) is 18.2 Å². The summed E-state index contributed by atoms with van der Waals surface area (Å²) in [6, 6.07) is 9.56. The molecule has 1 saturated heterocycles. The van der Waals surface area contributed by atoms with Crippen LogP contribution in [0.15, 0.2) is 30.3 Å². The van der Waals surface area contributed by atoms with Crippen LogP contribution >= 0.6 is 0 Å². The molecule has 0 unspecified atom stereocenters. The molecule has 0 radical (unpaired) electrons. The summed E-state index contributed by atoms with van der Waals surface area (Å²) < 4.78 is 5.33. The fraction of sp³-hybridized carbons (Fsp3) is 0.613. The molecular formula is C31H46N6O4. The van der Waals surface area contributed by atoms with Crippen molar-refractivity contribution in [3.8, 4) is 0 Å². The van der Waals surface area contributed by atoms with E-state index in [-0.39, 0.29) is 23.8 Å². The summed E-state index contributed by atoms with van der Waals surface area (Å²) in [5, 5.41) is 9.89. The highest BCUT2D eigenvalue weighted by Crippen LogP contribution is 2.30. The van der Waals surface area contributed by atoms with Gasteiger partial charge >= 0.3 is 6.09 Å². The first-order valence-electron chi connectivity index (χ1n) is 14.8. The zero-order chi connectivity index (χ0) is 29.6. The Morgan fingerprint density at radius 1 is 0.976 bits per heavy atom. The van der Waals surface area contributed by atoms with E-state index in [0.717, 1.165) is 48.9 Å². The van der Waals surface area contributed by atoms with Gasteiger partial charge in [0.25, 0.3) is 5.91 Å². The molecular weight excluding hydrogens is 520 g/mol. The normalized spacial score (nSPS) is 19.5. The summed E-state index contributed by atoms with van der Waals surface area (Å²) >= 11 is 0. The first-order chi connectivity index (χ1) is 19.5. The van der Waals surface area contributed by atoms with Crippen LogP contribution in [0.5, 0.6) is 0 Å². The number of carbonyl (C=O) groups is 3. The van der Waals surface area contributed by atoms with Crippen LogP contribution in [0.25, 0.3) is 10.9 Å². The molecule has 2 aliphatic rings.